The van der Waals surface area contributed by atoms with Crippen LogP contribution in [0.5, 0.6) is 0 Å². The molecule has 0 fully saturated rings. The van der Waals surface area contributed by atoms with Crippen LogP contribution < -0.4 is 5.32 Å². The van der Waals surface area contributed by atoms with Crippen LogP contribution in [0.15, 0.2) is 42.5 Å². The third-order valence-electron chi connectivity index (χ3n) is 3.38. The van der Waals surface area contributed by atoms with Crippen LogP contribution in [0.25, 0.3) is 0 Å². The van der Waals surface area contributed by atoms with Gasteiger partial charge in [-0.05, 0) is 45.9 Å². The molecule has 0 aromatic heterocycles. The van der Waals surface area contributed by atoms with Gasteiger partial charge < -0.3 is 10.4 Å². The summed E-state index contributed by atoms with van der Waals surface area (Å²) in [6, 6.07) is 9.00. The summed E-state index contributed by atoms with van der Waals surface area (Å²) in [6.45, 7) is 0. The van der Waals surface area contributed by atoms with E-state index in [1.807, 2.05) is 12.1 Å². The number of carboxylic acid groups (broad SMARTS) is 1. The van der Waals surface area contributed by atoms with Gasteiger partial charge in [-0.2, -0.15) is 0 Å². The first-order valence-electron chi connectivity index (χ1n) is 7.06. The largest absolute Gasteiger partial charge is 0.480 e. The van der Waals surface area contributed by atoms with E-state index >= 15 is 0 Å². The Hall–Kier alpha value is -2.03. The van der Waals surface area contributed by atoms with E-state index in [-0.39, 0.29) is 18.4 Å². The topological polar surface area (TPSA) is 66.4 Å². The lowest BCUT2D eigenvalue weighted by Crippen LogP contribution is -2.43. The van der Waals surface area contributed by atoms with Crippen molar-refractivity contribution < 1.29 is 23.5 Å². The SMILES string of the molecule is O=C(Cc1ccc(F)cc1F)N[C@H](Cc1ccccc1I)C(=O)O. The Morgan fingerprint density at radius 1 is 1.12 bits per heavy atom. The fourth-order valence-electron chi connectivity index (χ4n) is 2.17. The monoisotopic (exact) mass is 445 g/mol. The van der Waals surface area contributed by atoms with Crippen LogP contribution in [-0.2, 0) is 22.4 Å². The fraction of sp³-hybridized carbons (Fsp3) is 0.176. The molecule has 2 rings (SSSR count). The number of rotatable bonds is 6. The van der Waals surface area contributed by atoms with Crippen molar-refractivity contribution >= 4 is 34.5 Å². The number of carboxylic acids is 1. The number of hydrogen-bond acceptors (Lipinski definition) is 2. The van der Waals surface area contributed by atoms with Gasteiger partial charge in [0.1, 0.15) is 17.7 Å². The summed E-state index contributed by atoms with van der Waals surface area (Å²) in [5.74, 6) is -3.39. The second-order valence-corrected chi connectivity index (χ2v) is 6.33. The van der Waals surface area contributed by atoms with Crippen LogP contribution in [0.2, 0.25) is 0 Å². The third kappa shape index (κ3) is 4.98. The van der Waals surface area contributed by atoms with E-state index in [2.05, 4.69) is 27.9 Å². The molecule has 2 N–H and O–H groups in total. The Morgan fingerprint density at radius 2 is 1.83 bits per heavy atom. The Balaban J connectivity index is 2.06. The summed E-state index contributed by atoms with van der Waals surface area (Å²) in [5.41, 5.74) is 0.797. The van der Waals surface area contributed by atoms with Gasteiger partial charge in [0.25, 0.3) is 0 Å². The normalized spacial score (nSPS) is 11.8. The van der Waals surface area contributed by atoms with Gasteiger partial charge in [0, 0.05) is 16.1 Å². The van der Waals surface area contributed by atoms with E-state index in [4.69, 9.17) is 0 Å². The molecule has 4 nitrogen and oxygen atoms in total. The van der Waals surface area contributed by atoms with Gasteiger partial charge in [0.2, 0.25) is 5.91 Å². The number of benzene rings is 2. The molecule has 0 saturated heterocycles. The molecule has 126 valence electrons. The maximum atomic E-state index is 13.6. The lowest BCUT2D eigenvalue weighted by Gasteiger charge is -2.15. The van der Waals surface area contributed by atoms with E-state index in [0.29, 0.717) is 6.07 Å². The second-order valence-electron chi connectivity index (χ2n) is 5.17. The average molecular weight is 445 g/mol. The first kappa shape index (κ1) is 18.3. The summed E-state index contributed by atoms with van der Waals surface area (Å²) in [6.07, 6.45) is -0.242. The minimum absolute atomic E-state index is 0.00679. The standard InChI is InChI=1S/C17H14F2INO3/c18-12-6-5-10(13(19)9-12)8-16(22)21-15(17(23)24)7-11-3-1-2-4-14(11)20/h1-6,9,15H,7-8H2,(H,21,22)(H,23,24)/t15-/m1/s1. The molecule has 2 aromatic rings. The molecule has 0 unspecified atom stereocenters. The van der Waals surface area contributed by atoms with Crippen molar-refractivity contribution in [2.45, 2.75) is 18.9 Å². The van der Waals surface area contributed by atoms with Crippen molar-refractivity contribution in [3.8, 4) is 0 Å². The van der Waals surface area contributed by atoms with Crippen LogP contribution in [0.1, 0.15) is 11.1 Å². The molecular weight excluding hydrogens is 431 g/mol. The van der Waals surface area contributed by atoms with Gasteiger partial charge in [0.15, 0.2) is 0 Å². The van der Waals surface area contributed by atoms with Crippen molar-refractivity contribution in [1.82, 2.24) is 5.32 Å². The molecule has 0 radical (unpaired) electrons. The first-order valence-corrected chi connectivity index (χ1v) is 8.14. The van der Waals surface area contributed by atoms with Crippen LogP contribution in [0, 0.1) is 15.2 Å². The molecule has 2 aromatic carbocycles. The van der Waals surface area contributed by atoms with Crippen molar-refractivity contribution in [2.75, 3.05) is 0 Å². The maximum Gasteiger partial charge on any atom is 0.326 e. The average Bonchev–Trinajstić information content (AvgIpc) is 2.51. The first-order chi connectivity index (χ1) is 11.4. The molecule has 0 aliphatic carbocycles. The lowest BCUT2D eigenvalue weighted by molar-refractivity contribution is -0.141. The van der Waals surface area contributed by atoms with E-state index in [1.54, 1.807) is 12.1 Å². The number of amides is 1. The second kappa shape index (κ2) is 8.18. The third-order valence-corrected chi connectivity index (χ3v) is 4.43. The van der Waals surface area contributed by atoms with E-state index in [9.17, 15) is 23.5 Å². The summed E-state index contributed by atoms with van der Waals surface area (Å²) in [5, 5.41) is 11.7. The van der Waals surface area contributed by atoms with Gasteiger partial charge in [0.05, 0.1) is 6.42 Å². The summed E-state index contributed by atoms with van der Waals surface area (Å²) < 4.78 is 27.3. The highest BCUT2D eigenvalue weighted by Gasteiger charge is 2.22. The molecule has 0 aliphatic rings. The van der Waals surface area contributed by atoms with E-state index < -0.39 is 29.6 Å². The minimum Gasteiger partial charge on any atom is -0.480 e. The zero-order valence-electron chi connectivity index (χ0n) is 12.4. The van der Waals surface area contributed by atoms with Gasteiger partial charge in [-0.15, -0.1) is 0 Å². The van der Waals surface area contributed by atoms with Gasteiger partial charge in [-0.3, -0.25) is 4.79 Å². The highest BCUT2D eigenvalue weighted by atomic mass is 127. The van der Waals surface area contributed by atoms with Crippen molar-refractivity contribution in [3.05, 3.63) is 68.8 Å². The van der Waals surface area contributed by atoms with Crippen molar-refractivity contribution in [1.29, 1.82) is 0 Å². The zero-order chi connectivity index (χ0) is 17.7. The smallest absolute Gasteiger partial charge is 0.326 e. The maximum absolute atomic E-state index is 13.6. The number of carbonyl (C=O) groups excluding carboxylic acids is 1. The number of hydrogen-bond donors (Lipinski definition) is 2. The zero-order valence-corrected chi connectivity index (χ0v) is 14.6. The molecule has 1 atom stereocenters. The Bertz CT molecular complexity index is 767. The van der Waals surface area contributed by atoms with Gasteiger partial charge >= 0.3 is 5.97 Å². The fourth-order valence-corrected chi connectivity index (χ4v) is 2.77. The van der Waals surface area contributed by atoms with Crippen molar-refractivity contribution in [3.63, 3.8) is 0 Å². The number of halogens is 3. The summed E-state index contributed by atoms with van der Waals surface area (Å²) in [4.78, 5) is 23.4. The number of nitrogens with one attached hydrogen (secondary N) is 1. The molecule has 0 spiro atoms. The molecule has 0 bridgehead atoms. The Morgan fingerprint density at radius 3 is 2.46 bits per heavy atom. The van der Waals surface area contributed by atoms with E-state index in [0.717, 1.165) is 15.2 Å². The van der Waals surface area contributed by atoms with Gasteiger partial charge in [-0.1, -0.05) is 24.3 Å². The Labute approximate surface area is 151 Å². The predicted octanol–water partition coefficient (Wildman–Crippen LogP) is 2.92. The van der Waals surface area contributed by atoms with Crippen LogP contribution in [0.4, 0.5) is 8.78 Å². The molecular formula is C17H14F2INO3. The lowest BCUT2D eigenvalue weighted by atomic mass is 10.1. The molecule has 1 amide bonds. The molecule has 0 saturated carbocycles. The number of aliphatic carboxylic acids is 1. The van der Waals surface area contributed by atoms with Crippen LogP contribution in [0.3, 0.4) is 0 Å². The predicted molar refractivity (Wildman–Crippen MR) is 92.5 cm³/mol. The molecule has 0 heterocycles. The van der Waals surface area contributed by atoms with Crippen LogP contribution >= 0.6 is 22.6 Å². The number of carbonyl (C=O) groups is 2. The molecule has 0 aliphatic heterocycles. The highest BCUT2D eigenvalue weighted by molar-refractivity contribution is 14.1. The van der Waals surface area contributed by atoms with Crippen molar-refractivity contribution in [2.24, 2.45) is 0 Å². The minimum atomic E-state index is -1.18. The molecule has 24 heavy (non-hydrogen) atoms. The summed E-state index contributed by atoms with van der Waals surface area (Å²) >= 11 is 2.09. The van der Waals surface area contributed by atoms with Crippen LogP contribution in [-0.4, -0.2) is 23.0 Å². The highest BCUT2D eigenvalue weighted by Crippen LogP contribution is 2.14. The summed E-state index contributed by atoms with van der Waals surface area (Å²) in [7, 11) is 0. The van der Waals surface area contributed by atoms with E-state index in [1.165, 1.54) is 6.07 Å². The quantitative estimate of drug-likeness (QED) is 0.673. The Kier molecular flexibility index (Phi) is 6.24. The molecule has 7 heteroatoms. The van der Waals surface area contributed by atoms with Gasteiger partial charge in [-0.25, -0.2) is 13.6 Å².